The predicted molar refractivity (Wildman–Crippen MR) is 80.2 cm³/mol. The van der Waals surface area contributed by atoms with Crippen LogP contribution in [-0.4, -0.2) is 36.5 Å². The van der Waals surface area contributed by atoms with Crippen LogP contribution in [0.5, 0.6) is 0 Å². The lowest BCUT2D eigenvalue weighted by molar-refractivity contribution is 0.100. The van der Waals surface area contributed by atoms with Crippen LogP contribution in [0.3, 0.4) is 0 Å². The van der Waals surface area contributed by atoms with Crippen LogP contribution in [-0.2, 0) is 0 Å². The fourth-order valence-corrected chi connectivity index (χ4v) is 2.09. The molecule has 5 N–H and O–H groups in total. The number of nitrogens with zero attached hydrogens (tertiary/aromatic N) is 1. The molecule has 20 heavy (non-hydrogen) atoms. The van der Waals surface area contributed by atoms with Crippen molar-refractivity contribution in [2.24, 2.45) is 5.73 Å². The smallest absolute Gasteiger partial charge is 0.250 e. The van der Waals surface area contributed by atoms with Gasteiger partial charge < -0.3 is 21.7 Å². The molecule has 0 saturated heterocycles. The van der Waals surface area contributed by atoms with Gasteiger partial charge in [-0.2, -0.15) is 0 Å². The van der Waals surface area contributed by atoms with E-state index in [1.54, 1.807) is 0 Å². The second-order valence-electron chi connectivity index (χ2n) is 4.81. The molecule has 0 aliphatic carbocycles. The van der Waals surface area contributed by atoms with E-state index < -0.39 is 11.7 Å². The Labute approximate surface area is 119 Å². The van der Waals surface area contributed by atoms with E-state index in [0.717, 1.165) is 25.7 Å². The van der Waals surface area contributed by atoms with Crippen LogP contribution in [0.1, 0.15) is 31.1 Å². The van der Waals surface area contributed by atoms with Gasteiger partial charge in [0.1, 0.15) is 5.82 Å². The van der Waals surface area contributed by atoms with Gasteiger partial charge in [0.05, 0.1) is 11.3 Å². The summed E-state index contributed by atoms with van der Waals surface area (Å²) in [4.78, 5) is 13.4. The van der Waals surface area contributed by atoms with Crippen LogP contribution >= 0.6 is 0 Å². The minimum absolute atomic E-state index is 0.0359. The summed E-state index contributed by atoms with van der Waals surface area (Å²) in [6, 6.07) is 2.52. The molecule has 0 radical (unpaired) electrons. The molecule has 5 nitrogen and oxygen atoms in total. The van der Waals surface area contributed by atoms with Crippen LogP contribution in [0.25, 0.3) is 0 Å². The lowest BCUT2D eigenvalue weighted by Gasteiger charge is -2.24. The number of carbonyl (C=O) groups is 1. The van der Waals surface area contributed by atoms with E-state index in [0.29, 0.717) is 0 Å². The third-order valence-corrected chi connectivity index (χ3v) is 3.23. The molecule has 1 rings (SSSR count). The second-order valence-corrected chi connectivity index (χ2v) is 4.81. The highest BCUT2D eigenvalue weighted by atomic mass is 19.1. The summed E-state index contributed by atoms with van der Waals surface area (Å²) in [7, 11) is 0. The standard InChI is InChI=1S/C14H23FN4O/c1-4-19(5-2)8-9(3)18-13-6-10(14(17)20)12(16)7-11(13)15/h6-7,9,18H,4-5,8,16H2,1-3H3,(H2,17,20). The molecule has 1 aromatic carbocycles. The van der Waals surface area contributed by atoms with Crippen LogP contribution in [0.15, 0.2) is 12.1 Å². The van der Waals surface area contributed by atoms with E-state index >= 15 is 0 Å². The number of amides is 1. The molecule has 0 spiro atoms. The summed E-state index contributed by atoms with van der Waals surface area (Å²) in [5.41, 5.74) is 11.2. The maximum atomic E-state index is 13.8. The highest BCUT2D eigenvalue weighted by Gasteiger charge is 2.14. The highest BCUT2D eigenvalue weighted by Crippen LogP contribution is 2.22. The normalized spacial score (nSPS) is 12.4. The molecule has 0 fully saturated rings. The number of hydrogen-bond donors (Lipinski definition) is 3. The van der Waals surface area contributed by atoms with E-state index in [1.807, 2.05) is 6.92 Å². The Bertz CT molecular complexity index is 474. The molecule has 0 bridgehead atoms. The first kappa shape index (κ1) is 16.2. The quantitative estimate of drug-likeness (QED) is 0.664. The van der Waals surface area contributed by atoms with E-state index in [-0.39, 0.29) is 23.0 Å². The van der Waals surface area contributed by atoms with Crippen molar-refractivity contribution in [3.8, 4) is 0 Å². The zero-order chi connectivity index (χ0) is 15.3. The Balaban J connectivity index is 2.86. The minimum atomic E-state index is -0.665. The summed E-state index contributed by atoms with van der Waals surface area (Å²) < 4.78 is 13.8. The Kier molecular flexibility index (Phi) is 5.76. The van der Waals surface area contributed by atoms with E-state index in [4.69, 9.17) is 11.5 Å². The average molecular weight is 282 g/mol. The van der Waals surface area contributed by atoms with Gasteiger partial charge in [-0.3, -0.25) is 4.79 Å². The second kappa shape index (κ2) is 7.09. The molecule has 1 aromatic rings. The first-order chi connectivity index (χ1) is 9.38. The van der Waals surface area contributed by atoms with E-state index in [2.05, 4.69) is 24.1 Å². The number of nitrogen functional groups attached to an aromatic ring is 1. The largest absolute Gasteiger partial charge is 0.398 e. The van der Waals surface area contributed by atoms with E-state index in [1.165, 1.54) is 6.07 Å². The fourth-order valence-electron chi connectivity index (χ4n) is 2.09. The number of likely N-dealkylation sites (N-methyl/N-ethyl adjacent to an activating group) is 1. The lowest BCUT2D eigenvalue weighted by Crippen LogP contribution is -2.35. The molecule has 1 unspecified atom stereocenters. The number of benzene rings is 1. The molecule has 0 aromatic heterocycles. The fraction of sp³-hybridized carbons (Fsp3) is 0.500. The van der Waals surface area contributed by atoms with E-state index in [9.17, 15) is 9.18 Å². The maximum absolute atomic E-state index is 13.8. The van der Waals surface area contributed by atoms with Crippen LogP contribution in [0.2, 0.25) is 0 Å². The maximum Gasteiger partial charge on any atom is 0.250 e. The van der Waals surface area contributed by atoms with Gasteiger partial charge >= 0.3 is 0 Å². The third kappa shape index (κ3) is 4.09. The van der Waals surface area contributed by atoms with Crippen molar-refractivity contribution in [2.45, 2.75) is 26.8 Å². The zero-order valence-electron chi connectivity index (χ0n) is 12.2. The SMILES string of the molecule is CCN(CC)CC(C)Nc1cc(C(N)=O)c(N)cc1F. The molecule has 0 saturated carbocycles. The van der Waals surface area contributed by atoms with Gasteiger partial charge in [-0.05, 0) is 32.1 Å². The predicted octanol–water partition coefficient (Wildman–Crippen LogP) is 1.65. The molecule has 6 heteroatoms. The number of hydrogen-bond acceptors (Lipinski definition) is 4. The molecule has 1 amide bonds. The highest BCUT2D eigenvalue weighted by molar-refractivity contribution is 5.99. The van der Waals surface area contributed by atoms with Crippen LogP contribution < -0.4 is 16.8 Å². The van der Waals surface area contributed by atoms with Gasteiger partial charge in [-0.15, -0.1) is 0 Å². The number of nitrogens with two attached hydrogens (primary N) is 2. The lowest BCUT2D eigenvalue weighted by atomic mass is 10.1. The molecule has 0 heterocycles. The van der Waals surface area contributed by atoms with Crippen LogP contribution in [0.4, 0.5) is 15.8 Å². The third-order valence-electron chi connectivity index (χ3n) is 3.23. The van der Waals surface area contributed by atoms with Crippen molar-refractivity contribution >= 4 is 17.3 Å². The number of carbonyl (C=O) groups excluding carboxylic acids is 1. The molecule has 112 valence electrons. The van der Waals surface area contributed by atoms with Crippen molar-refractivity contribution in [1.82, 2.24) is 4.90 Å². The van der Waals surface area contributed by atoms with Crippen molar-refractivity contribution < 1.29 is 9.18 Å². The monoisotopic (exact) mass is 282 g/mol. The first-order valence-corrected chi connectivity index (χ1v) is 6.76. The first-order valence-electron chi connectivity index (χ1n) is 6.76. The van der Waals surface area contributed by atoms with Crippen molar-refractivity contribution in [3.63, 3.8) is 0 Å². The van der Waals surface area contributed by atoms with Gasteiger partial charge in [-0.1, -0.05) is 13.8 Å². The van der Waals surface area contributed by atoms with Crippen molar-refractivity contribution in [1.29, 1.82) is 0 Å². The number of nitrogens with one attached hydrogen (secondary N) is 1. The molecule has 0 aliphatic rings. The van der Waals surface area contributed by atoms with Crippen molar-refractivity contribution in [3.05, 3.63) is 23.5 Å². The molecule has 1 atom stereocenters. The van der Waals surface area contributed by atoms with Crippen LogP contribution in [0, 0.1) is 5.82 Å². The molecular weight excluding hydrogens is 259 g/mol. The summed E-state index contributed by atoms with van der Waals surface area (Å²) >= 11 is 0. The molecular formula is C14H23FN4O. The summed E-state index contributed by atoms with van der Waals surface area (Å²) in [6.07, 6.45) is 0. The van der Waals surface area contributed by atoms with Gasteiger partial charge in [0.2, 0.25) is 0 Å². The Morgan fingerprint density at radius 1 is 1.40 bits per heavy atom. The van der Waals surface area contributed by atoms with Gasteiger partial charge in [0, 0.05) is 18.3 Å². The Morgan fingerprint density at radius 2 is 2.00 bits per heavy atom. The number of rotatable bonds is 7. The Morgan fingerprint density at radius 3 is 2.50 bits per heavy atom. The summed E-state index contributed by atoms with van der Waals surface area (Å²) in [5.74, 6) is -1.15. The molecule has 0 aliphatic heterocycles. The van der Waals surface area contributed by atoms with Gasteiger partial charge in [0.15, 0.2) is 0 Å². The average Bonchev–Trinajstić information content (AvgIpc) is 2.38. The van der Waals surface area contributed by atoms with Gasteiger partial charge in [-0.25, -0.2) is 4.39 Å². The Hall–Kier alpha value is -1.82. The number of halogens is 1. The summed E-state index contributed by atoms with van der Waals surface area (Å²) in [5, 5.41) is 3.05. The van der Waals surface area contributed by atoms with Gasteiger partial charge in [0.25, 0.3) is 5.91 Å². The van der Waals surface area contributed by atoms with Crippen molar-refractivity contribution in [2.75, 3.05) is 30.7 Å². The minimum Gasteiger partial charge on any atom is -0.398 e. The zero-order valence-corrected chi connectivity index (χ0v) is 12.2. The topological polar surface area (TPSA) is 84.4 Å². The number of anilines is 2. The summed E-state index contributed by atoms with van der Waals surface area (Å²) in [6.45, 7) is 8.75. The number of primary amides is 1.